The lowest BCUT2D eigenvalue weighted by molar-refractivity contribution is -0.116. The molecule has 9 heteroatoms. The Morgan fingerprint density at radius 3 is 2.76 bits per heavy atom. The molecule has 0 radical (unpaired) electrons. The lowest BCUT2D eigenvalue weighted by atomic mass is 10.0. The first kappa shape index (κ1) is 22.9. The van der Waals surface area contributed by atoms with Gasteiger partial charge in [-0.15, -0.1) is 0 Å². The van der Waals surface area contributed by atoms with E-state index in [0.717, 1.165) is 11.4 Å². The molecule has 4 rings (SSSR count). The Morgan fingerprint density at radius 1 is 1.18 bits per heavy atom. The number of hydrogen-bond acceptors (Lipinski definition) is 4. The second kappa shape index (κ2) is 10.5. The number of halogens is 1. The maximum absolute atomic E-state index is 13.9. The molecule has 1 fully saturated rings. The standard InChI is InChI=1S/C24H26FN5O2S/c1-32-16-15-29-13-6-10-20(29)23-22(19-9-4-5-12-26-19)28-24(33)30(23)14-11-21(31)27-18-8-3-2-7-17(18)25/h2-10,12-13,22-23H,11,14-16H2,1H3,(H,27,31)(H,28,33)/t22-,23+/m0/s1. The molecule has 1 amide bonds. The van der Waals surface area contributed by atoms with Crippen LogP contribution in [0.5, 0.6) is 0 Å². The number of pyridine rings is 1. The fourth-order valence-electron chi connectivity index (χ4n) is 4.05. The number of amides is 1. The van der Waals surface area contributed by atoms with Gasteiger partial charge in [-0.3, -0.25) is 9.78 Å². The van der Waals surface area contributed by atoms with Crippen molar-refractivity contribution in [3.8, 4) is 0 Å². The number of ether oxygens (including phenoxy) is 1. The fraction of sp³-hybridized carbons (Fsp3) is 0.292. The first-order valence-electron chi connectivity index (χ1n) is 10.7. The number of para-hydroxylation sites is 1. The lowest BCUT2D eigenvalue weighted by Gasteiger charge is -2.28. The van der Waals surface area contributed by atoms with E-state index in [-0.39, 0.29) is 30.1 Å². The number of anilines is 1. The van der Waals surface area contributed by atoms with Crippen molar-refractivity contribution in [1.82, 2.24) is 19.8 Å². The number of carbonyl (C=O) groups is 1. The quantitative estimate of drug-likeness (QED) is 0.468. The molecular weight excluding hydrogens is 441 g/mol. The number of nitrogens with one attached hydrogen (secondary N) is 2. The van der Waals surface area contributed by atoms with Gasteiger partial charge in [-0.2, -0.15) is 0 Å². The number of hydrogen-bond donors (Lipinski definition) is 2. The highest BCUT2D eigenvalue weighted by molar-refractivity contribution is 7.80. The molecule has 1 aliphatic rings. The summed E-state index contributed by atoms with van der Waals surface area (Å²) in [4.78, 5) is 19.1. The average Bonchev–Trinajstić information content (AvgIpc) is 3.42. The number of aromatic nitrogens is 2. The van der Waals surface area contributed by atoms with E-state index in [1.54, 1.807) is 25.4 Å². The van der Waals surface area contributed by atoms with Crippen LogP contribution in [-0.4, -0.2) is 45.7 Å². The van der Waals surface area contributed by atoms with Crippen LogP contribution in [0.4, 0.5) is 10.1 Å². The van der Waals surface area contributed by atoms with Crippen molar-refractivity contribution in [2.24, 2.45) is 0 Å². The second-order valence-corrected chi connectivity index (χ2v) is 8.10. The maximum Gasteiger partial charge on any atom is 0.226 e. The third-order valence-corrected chi connectivity index (χ3v) is 5.98. The molecule has 33 heavy (non-hydrogen) atoms. The van der Waals surface area contributed by atoms with E-state index < -0.39 is 5.82 Å². The summed E-state index contributed by atoms with van der Waals surface area (Å²) in [6.45, 7) is 1.64. The van der Waals surface area contributed by atoms with E-state index in [0.29, 0.717) is 24.8 Å². The van der Waals surface area contributed by atoms with Crippen molar-refractivity contribution in [3.63, 3.8) is 0 Å². The molecule has 0 bridgehead atoms. The Bertz CT molecular complexity index is 1110. The molecule has 2 N–H and O–H groups in total. The van der Waals surface area contributed by atoms with Gasteiger partial charge in [0.1, 0.15) is 5.82 Å². The molecular formula is C24H26FN5O2S. The highest BCUT2D eigenvalue weighted by Gasteiger charge is 2.41. The van der Waals surface area contributed by atoms with Crippen LogP contribution in [0.15, 0.2) is 67.0 Å². The number of nitrogens with zero attached hydrogens (tertiary/aromatic N) is 3. The monoisotopic (exact) mass is 467 g/mol. The van der Waals surface area contributed by atoms with E-state index in [4.69, 9.17) is 17.0 Å². The van der Waals surface area contributed by atoms with Crippen LogP contribution in [0.2, 0.25) is 0 Å². The van der Waals surface area contributed by atoms with Crippen molar-refractivity contribution >= 4 is 28.9 Å². The van der Waals surface area contributed by atoms with Crippen LogP contribution in [-0.2, 0) is 16.1 Å². The first-order valence-corrected chi connectivity index (χ1v) is 11.2. The Labute approximate surface area is 197 Å². The van der Waals surface area contributed by atoms with E-state index in [9.17, 15) is 9.18 Å². The first-order chi connectivity index (χ1) is 16.1. The van der Waals surface area contributed by atoms with Crippen LogP contribution in [0.3, 0.4) is 0 Å². The highest BCUT2D eigenvalue weighted by atomic mass is 32.1. The molecule has 172 valence electrons. The molecule has 1 saturated heterocycles. The molecule has 1 aromatic carbocycles. The lowest BCUT2D eigenvalue weighted by Crippen LogP contribution is -2.33. The summed E-state index contributed by atoms with van der Waals surface area (Å²) in [5.74, 6) is -0.744. The molecule has 0 spiro atoms. The van der Waals surface area contributed by atoms with Gasteiger partial charge < -0.3 is 24.8 Å². The summed E-state index contributed by atoms with van der Waals surface area (Å²) in [6.07, 6.45) is 3.92. The Hall–Kier alpha value is -3.30. The fourth-order valence-corrected chi connectivity index (χ4v) is 4.39. The van der Waals surface area contributed by atoms with Gasteiger partial charge in [0.15, 0.2) is 5.11 Å². The van der Waals surface area contributed by atoms with Gasteiger partial charge in [-0.1, -0.05) is 18.2 Å². The molecule has 3 aromatic rings. The number of carbonyl (C=O) groups excluding carboxylic acids is 1. The number of methoxy groups -OCH3 is 1. The summed E-state index contributed by atoms with van der Waals surface area (Å²) < 4.78 is 21.3. The second-order valence-electron chi connectivity index (χ2n) is 7.72. The molecule has 2 aromatic heterocycles. The molecule has 0 saturated carbocycles. The third-order valence-electron chi connectivity index (χ3n) is 5.63. The van der Waals surface area contributed by atoms with Crippen LogP contribution in [0, 0.1) is 5.82 Å². The summed E-state index contributed by atoms with van der Waals surface area (Å²) in [7, 11) is 1.67. The highest BCUT2D eigenvalue weighted by Crippen LogP contribution is 2.38. The van der Waals surface area contributed by atoms with Crippen molar-refractivity contribution in [2.45, 2.75) is 25.0 Å². The van der Waals surface area contributed by atoms with Gasteiger partial charge in [0.25, 0.3) is 0 Å². The minimum absolute atomic E-state index is 0.153. The predicted octanol–water partition coefficient (Wildman–Crippen LogP) is 3.67. The van der Waals surface area contributed by atoms with Gasteiger partial charge >= 0.3 is 0 Å². The van der Waals surface area contributed by atoms with Crippen molar-refractivity contribution in [1.29, 1.82) is 0 Å². The van der Waals surface area contributed by atoms with E-state index >= 15 is 0 Å². The zero-order valence-electron chi connectivity index (χ0n) is 18.3. The Morgan fingerprint density at radius 2 is 2.00 bits per heavy atom. The SMILES string of the molecule is COCCn1cccc1[C@@H]1[C@H](c2ccccn2)NC(=S)N1CCC(=O)Nc1ccccc1F. The van der Waals surface area contributed by atoms with Crippen LogP contribution in [0.25, 0.3) is 0 Å². The summed E-state index contributed by atoms with van der Waals surface area (Å²) in [5, 5.41) is 6.58. The number of benzene rings is 1. The topological polar surface area (TPSA) is 71.4 Å². The molecule has 1 aliphatic heterocycles. The summed E-state index contributed by atoms with van der Waals surface area (Å²) in [6, 6.07) is 15.6. The van der Waals surface area contributed by atoms with Crippen LogP contribution >= 0.6 is 12.2 Å². The van der Waals surface area contributed by atoms with Crippen molar-refractivity contribution < 1.29 is 13.9 Å². The zero-order chi connectivity index (χ0) is 23.2. The average molecular weight is 468 g/mol. The summed E-state index contributed by atoms with van der Waals surface area (Å²) >= 11 is 5.66. The van der Waals surface area contributed by atoms with E-state index in [2.05, 4.69) is 26.3 Å². The normalized spacial score (nSPS) is 17.8. The van der Waals surface area contributed by atoms with Crippen molar-refractivity contribution in [2.75, 3.05) is 25.6 Å². The molecule has 0 unspecified atom stereocenters. The zero-order valence-corrected chi connectivity index (χ0v) is 19.1. The molecule has 3 heterocycles. The minimum Gasteiger partial charge on any atom is -0.383 e. The minimum atomic E-state index is -0.465. The Kier molecular flexibility index (Phi) is 7.31. The van der Waals surface area contributed by atoms with Gasteiger partial charge in [0.2, 0.25) is 5.91 Å². The smallest absolute Gasteiger partial charge is 0.226 e. The van der Waals surface area contributed by atoms with Gasteiger partial charge in [0.05, 0.1) is 30.1 Å². The van der Waals surface area contributed by atoms with Crippen molar-refractivity contribution in [3.05, 3.63) is 84.2 Å². The van der Waals surface area contributed by atoms with E-state index in [1.807, 2.05) is 35.4 Å². The van der Waals surface area contributed by atoms with Gasteiger partial charge in [0, 0.05) is 44.7 Å². The van der Waals surface area contributed by atoms with Gasteiger partial charge in [-0.05, 0) is 48.6 Å². The van der Waals surface area contributed by atoms with Gasteiger partial charge in [-0.25, -0.2) is 4.39 Å². The molecule has 2 atom stereocenters. The Balaban J connectivity index is 1.56. The number of rotatable bonds is 9. The van der Waals surface area contributed by atoms with E-state index in [1.165, 1.54) is 12.1 Å². The van der Waals surface area contributed by atoms with Crippen LogP contribution in [0.1, 0.15) is 29.9 Å². The van der Waals surface area contributed by atoms with Crippen LogP contribution < -0.4 is 10.6 Å². The molecule has 0 aliphatic carbocycles. The maximum atomic E-state index is 13.9. The molecule has 7 nitrogen and oxygen atoms in total. The summed E-state index contributed by atoms with van der Waals surface area (Å²) in [5.41, 5.74) is 2.08. The third kappa shape index (κ3) is 5.20. The predicted molar refractivity (Wildman–Crippen MR) is 128 cm³/mol. The largest absolute Gasteiger partial charge is 0.383 e. The number of thiocarbonyl (C=S) groups is 1.